The van der Waals surface area contributed by atoms with E-state index < -0.39 is 10.0 Å². The lowest BCUT2D eigenvalue weighted by molar-refractivity contribution is 0.392. The first kappa shape index (κ1) is 15.6. The van der Waals surface area contributed by atoms with E-state index in [1.807, 2.05) is 6.92 Å². The summed E-state index contributed by atoms with van der Waals surface area (Å²) in [6.45, 7) is 2.54. The largest absolute Gasteiger partial charge is 0.261 e. The van der Waals surface area contributed by atoms with E-state index in [9.17, 15) is 8.42 Å². The van der Waals surface area contributed by atoms with Gasteiger partial charge in [0.05, 0.1) is 11.2 Å². The predicted octanol–water partition coefficient (Wildman–Crippen LogP) is 2.67. The number of halogens is 1. The van der Waals surface area contributed by atoms with Crippen LogP contribution in [0.1, 0.15) is 16.7 Å². The van der Waals surface area contributed by atoms with Gasteiger partial charge in [0.1, 0.15) is 4.90 Å². The lowest BCUT2D eigenvalue weighted by Crippen LogP contribution is -2.36. The van der Waals surface area contributed by atoms with Crippen molar-refractivity contribution < 1.29 is 8.42 Å². The van der Waals surface area contributed by atoms with E-state index in [-0.39, 0.29) is 16.5 Å². The molecule has 1 aromatic carbocycles. The molecule has 0 bridgehead atoms. The molecule has 0 saturated carbocycles. The van der Waals surface area contributed by atoms with Gasteiger partial charge in [-0.15, -0.1) is 0 Å². The van der Waals surface area contributed by atoms with Gasteiger partial charge in [0.15, 0.2) is 5.65 Å². The Hall–Kier alpha value is -1.96. The normalized spacial score (nSPS) is 15.6. The van der Waals surface area contributed by atoms with Crippen LogP contribution in [0.5, 0.6) is 0 Å². The maximum Gasteiger partial charge on any atom is 0.244 e. The minimum Gasteiger partial charge on any atom is -0.261 e. The van der Waals surface area contributed by atoms with Crippen LogP contribution in [0.25, 0.3) is 11.0 Å². The molecular formula is C16H15ClN4O2S. The average Bonchev–Trinajstić information content (AvgIpc) is 3.05. The minimum atomic E-state index is -3.65. The molecular weight excluding hydrogens is 348 g/mol. The van der Waals surface area contributed by atoms with Gasteiger partial charge >= 0.3 is 0 Å². The van der Waals surface area contributed by atoms with Crippen molar-refractivity contribution in [3.8, 4) is 0 Å². The summed E-state index contributed by atoms with van der Waals surface area (Å²) in [4.78, 5) is 4.47. The molecule has 0 aliphatic carbocycles. The fourth-order valence-corrected chi connectivity index (χ4v) is 5.06. The first-order chi connectivity index (χ1) is 11.5. The molecule has 0 radical (unpaired) electrons. The first-order valence-corrected chi connectivity index (χ1v) is 9.35. The van der Waals surface area contributed by atoms with Gasteiger partial charge in [-0.05, 0) is 42.2 Å². The van der Waals surface area contributed by atoms with Gasteiger partial charge in [0.25, 0.3) is 0 Å². The topological polar surface area (TPSA) is 79.0 Å². The van der Waals surface area contributed by atoms with E-state index in [2.05, 4.69) is 15.2 Å². The van der Waals surface area contributed by atoms with E-state index in [0.29, 0.717) is 13.0 Å². The van der Waals surface area contributed by atoms with Crippen LogP contribution < -0.4 is 0 Å². The highest BCUT2D eigenvalue weighted by molar-refractivity contribution is 7.89. The standard InChI is InChI=1S/C16H15ClN4O2S/c1-10-2-3-14(17)15(6-10)24(22,23)21-5-4-12-11(9-21)7-18-16-13(12)8-19-20-16/h2-3,6-8H,4-5,9H2,1H3,(H,18,19,20). The van der Waals surface area contributed by atoms with Gasteiger partial charge in [0.2, 0.25) is 10.0 Å². The Kier molecular flexibility index (Phi) is 3.59. The minimum absolute atomic E-state index is 0.157. The van der Waals surface area contributed by atoms with Gasteiger partial charge in [-0.2, -0.15) is 9.40 Å². The summed E-state index contributed by atoms with van der Waals surface area (Å²) in [6.07, 6.45) is 4.08. The Bertz CT molecular complexity index is 1050. The Morgan fingerprint density at radius 3 is 2.96 bits per heavy atom. The fraction of sp³-hybridized carbons (Fsp3) is 0.250. The van der Waals surface area contributed by atoms with Gasteiger partial charge in [-0.3, -0.25) is 5.10 Å². The molecule has 24 heavy (non-hydrogen) atoms. The second-order valence-corrected chi connectivity index (χ2v) is 8.23. The Balaban J connectivity index is 1.75. The molecule has 0 amide bonds. The molecule has 0 unspecified atom stereocenters. The highest BCUT2D eigenvalue weighted by Crippen LogP contribution is 2.31. The van der Waals surface area contributed by atoms with E-state index in [1.54, 1.807) is 30.6 Å². The van der Waals surface area contributed by atoms with Gasteiger partial charge < -0.3 is 0 Å². The number of aromatic nitrogens is 3. The third-order valence-electron chi connectivity index (χ3n) is 4.34. The number of aromatic amines is 1. The molecule has 4 rings (SSSR count). The number of fused-ring (bicyclic) bond motifs is 3. The summed E-state index contributed by atoms with van der Waals surface area (Å²) in [5.41, 5.74) is 3.60. The quantitative estimate of drug-likeness (QED) is 0.760. The number of sulfonamides is 1. The number of hydrogen-bond donors (Lipinski definition) is 1. The molecule has 0 atom stereocenters. The van der Waals surface area contributed by atoms with Crippen molar-refractivity contribution in [2.45, 2.75) is 24.8 Å². The summed E-state index contributed by atoms with van der Waals surface area (Å²) in [5.74, 6) is 0. The van der Waals surface area contributed by atoms with Crippen molar-refractivity contribution in [1.82, 2.24) is 19.5 Å². The molecule has 3 heterocycles. The van der Waals surface area contributed by atoms with Crippen molar-refractivity contribution in [2.24, 2.45) is 0 Å². The summed E-state index contributed by atoms with van der Waals surface area (Å²) in [5, 5.41) is 8.05. The monoisotopic (exact) mass is 362 g/mol. The number of nitrogens with zero attached hydrogens (tertiary/aromatic N) is 3. The first-order valence-electron chi connectivity index (χ1n) is 7.53. The van der Waals surface area contributed by atoms with Crippen LogP contribution in [0.4, 0.5) is 0 Å². The van der Waals surface area contributed by atoms with Crippen molar-refractivity contribution in [3.05, 3.63) is 52.3 Å². The highest BCUT2D eigenvalue weighted by Gasteiger charge is 2.31. The average molecular weight is 363 g/mol. The molecule has 0 spiro atoms. The molecule has 1 aliphatic rings. The van der Waals surface area contributed by atoms with Crippen LogP contribution in [0.3, 0.4) is 0 Å². The SMILES string of the molecule is Cc1ccc(Cl)c(S(=O)(=O)N2CCc3c(cnc4[nH]ncc34)C2)c1. The summed E-state index contributed by atoms with van der Waals surface area (Å²) >= 11 is 6.13. The molecule has 8 heteroatoms. The number of hydrogen-bond acceptors (Lipinski definition) is 4. The predicted molar refractivity (Wildman–Crippen MR) is 91.4 cm³/mol. The van der Waals surface area contributed by atoms with E-state index in [4.69, 9.17) is 11.6 Å². The van der Waals surface area contributed by atoms with Crippen LogP contribution in [0.15, 0.2) is 35.5 Å². The van der Waals surface area contributed by atoms with Crippen LogP contribution in [-0.2, 0) is 23.0 Å². The van der Waals surface area contributed by atoms with Gasteiger partial charge in [0, 0.05) is 24.7 Å². The molecule has 0 fully saturated rings. The fourth-order valence-electron chi connectivity index (χ4n) is 3.08. The number of nitrogens with one attached hydrogen (secondary N) is 1. The zero-order valence-electron chi connectivity index (χ0n) is 13.0. The molecule has 2 aromatic heterocycles. The number of aryl methyl sites for hydroxylation is 1. The van der Waals surface area contributed by atoms with Crippen molar-refractivity contribution in [3.63, 3.8) is 0 Å². The Morgan fingerprint density at radius 1 is 1.29 bits per heavy atom. The smallest absolute Gasteiger partial charge is 0.244 e. The van der Waals surface area contributed by atoms with Crippen molar-refractivity contribution in [1.29, 1.82) is 0 Å². The van der Waals surface area contributed by atoms with Crippen molar-refractivity contribution in [2.75, 3.05) is 6.54 Å². The third-order valence-corrected chi connectivity index (χ3v) is 6.67. The van der Waals surface area contributed by atoms with E-state index in [1.165, 1.54) is 4.31 Å². The van der Waals surface area contributed by atoms with E-state index in [0.717, 1.165) is 27.7 Å². The zero-order valence-corrected chi connectivity index (χ0v) is 14.5. The summed E-state index contributed by atoms with van der Waals surface area (Å²) in [6, 6.07) is 5.04. The highest BCUT2D eigenvalue weighted by atomic mass is 35.5. The zero-order chi connectivity index (χ0) is 16.9. The maximum absolute atomic E-state index is 13.0. The van der Waals surface area contributed by atoms with Gasteiger partial charge in [-0.1, -0.05) is 17.7 Å². The van der Waals surface area contributed by atoms with Gasteiger partial charge in [-0.25, -0.2) is 13.4 Å². The Labute approximate surface area is 144 Å². The molecule has 1 N–H and O–H groups in total. The molecule has 0 saturated heterocycles. The van der Waals surface area contributed by atoms with E-state index >= 15 is 0 Å². The van der Waals surface area contributed by atoms with Crippen LogP contribution >= 0.6 is 11.6 Å². The molecule has 3 aromatic rings. The molecule has 6 nitrogen and oxygen atoms in total. The van der Waals surface area contributed by atoms with Crippen LogP contribution in [-0.4, -0.2) is 34.4 Å². The third kappa shape index (κ3) is 2.40. The Morgan fingerprint density at radius 2 is 2.12 bits per heavy atom. The van der Waals surface area contributed by atoms with Crippen LogP contribution in [0, 0.1) is 6.92 Å². The second kappa shape index (κ2) is 5.54. The number of H-pyrrole nitrogens is 1. The van der Waals surface area contributed by atoms with Crippen LogP contribution in [0.2, 0.25) is 5.02 Å². The lowest BCUT2D eigenvalue weighted by atomic mass is 10.0. The number of benzene rings is 1. The van der Waals surface area contributed by atoms with Crippen molar-refractivity contribution >= 4 is 32.7 Å². The summed E-state index contributed by atoms with van der Waals surface area (Å²) in [7, 11) is -3.65. The second-order valence-electron chi connectivity index (χ2n) is 5.92. The number of pyridine rings is 1. The molecule has 124 valence electrons. The number of rotatable bonds is 2. The lowest BCUT2D eigenvalue weighted by Gasteiger charge is -2.28. The summed E-state index contributed by atoms with van der Waals surface area (Å²) < 4.78 is 27.4. The maximum atomic E-state index is 13.0. The molecule has 1 aliphatic heterocycles.